The van der Waals surface area contributed by atoms with E-state index >= 15 is 0 Å². The number of ether oxygens (including phenoxy) is 4. The van der Waals surface area contributed by atoms with E-state index in [1.54, 1.807) is 6.07 Å². The molecule has 3 heterocycles. The molecule has 0 spiro atoms. The van der Waals surface area contributed by atoms with Crippen molar-refractivity contribution in [3.05, 3.63) is 23.3 Å². The standard InChI is InChI=1S/C21H27NO5/c1-3-4-7-24-17-8-12-5-6-22(2)19(12)18-13-9-15-16(26-11-25-15)10-14(13)21(23)27-20(17)18/h9-10,12,17-20H,3-8,11H2,1-2H3. The number of benzene rings is 1. The number of hydrogen-bond acceptors (Lipinski definition) is 6. The van der Waals surface area contributed by atoms with Crippen LogP contribution in [0.15, 0.2) is 12.1 Å². The smallest absolute Gasteiger partial charge is 0.338 e. The van der Waals surface area contributed by atoms with E-state index in [9.17, 15) is 4.79 Å². The Morgan fingerprint density at radius 1 is 1.26 bits per heavy atom. The Morgan fingerprint density at radius 3 is 2.89 bits per heavy atom. The molecule has 1 aromatic rings. The van der Waals surface area contributed by atoms with Crippen molar-refractivity contribution in [2.24, 2.45) is 5.92 Å². The van der Waals surface area contributed by atoms with Crippen LogP contribution in [-0.4, -0.2) is 56.1 Å². The first-order chi connectivity index (χ1) is 13.2. The van der Waals surface area contributed by atoms with E-state index in [0.717, 1.165) is 43.7 Å². The van der Waals surface area contributed by atoms with Gasteiger partial charge in [-0.05, 0) is 56.5 Å². The van der Waals surface area contributed by atoms with Gasteiger partial charge >= 0.3 is 5.97 Å². The Bertz CT molecular complexity index is 750. The van der Waals surface area contributed by atoms with Gasteiger partial charge in [0.25, 0.3) is 0 Å². The van der Waals surface area contributed by atoms with Crippen LogP contribution in [0.5, 0.6) is 11.5 Å². The van der Waals surface area contributed by atoms with Crippen LogP contribution in [0.4, 0.5) is 0 Å². The van der Waals surface area contributed by atoms with E-state index in [-0.39, 0.29) is 30.9 Å². The number of esters is 1. The van der Waals surface area contributed by atoms with Crippen LogP contribution in [0.3, 0.4) is 0 Å². The van der Waals surface area contributed by atoms with Gasteiger partial charge in [0.05, 0.1) is 11.7 Å². The predicted molar refractivity (Wildman–Crippen MR) is 98.3 cm³/mol. The van der Waals surface area contributed by atoms with Crippen LogP contribution in [0, 0.1) is 5.92 Å². The molecule has 1 aromatic carbocycles. The maximum absolute atomic E-state index is 12.8. The Balaban J connectivity index is 1.55. The molecule has 146 valence electrons. The fraction of sp³-hybridized carbons (Fsp3) is 0.667. The molecule has 0 bridgehead atoms. The van der Waals surface area contributed by atoms with E-state index in [1.807, 2.05) is 6.07 Å². The van der Waals surface area contributed by atoms with Crippen molar-refractivity contribution in [1.82, 2.24) is 4.90 Å². The number of likely N-dealkylation sites (N-methyl/N-ethyl adjacent to an activating group) is 1. The maximum Gasteiger partial charge on any atom is 0.338 e. The van der Waals surface area contributed by atoms with Crippen molar-refractivity contribution in [2.75, 3.05) is 27.0 Å². The summed E-state index contributed by atoms with van der Waals surface area (Å²) in [5.41, 5.74) is 1.65. The van der Waals surface area contributed by atoms with Crippen molar-refractivity contribution < 1.29 is 23.7 Å². The molecular weight excluding hydrogens is 346 g/mol. The summed E-state index contributed by atoms with van der Waals surface area (Å²) in [5.74, 6) is 1.77. The van der Waals surface area contributed by atoms with Gasteiger partial charge in [-0.2, -0.15) is 0 Å². The largest absolute Gasteiger partial charge is 0.455 e. The summed E-state index contributed by atoms with van der Waals surface area (Å²) in [5, 5.41) is 0. The van der Waals surface area contributed by atoms with Gasteiger partial charge in [0.15, 0.2) is 11.5 Å². The molecule has 1 aliphatic carbocycles. The number of rotatable bonds is 4. The van der Waals surface area contributed by atoms with Crippen LogP contribution in [-0.2, 0) is 9.47 Å². The molecule has 4 aliphatic rings. The first-order valence-corrected chi connectivity index (χ1v) is 10.1. The lowest BCUT2D eigenvalue weighted by atomic mass is 9.69. The van der Waals surface area contributed by atoms with E-state index in [1.165, 1.54) is 6.42 Å². The lowest BCUT2D eigenvalue weighted by Crippen LogP contribution is -2.55. The van der Waals surface area contributed by atoms with Crippen molar-refractivity contribution in [3.63, 3.8) is 0 Å². The van der Waals surface area contributed by atoms with Gasteiger partial charge in [-0.25, -0.2) is 4.79 Å². The number of hydrogen-bond donors (Lipinski definition) is 0. The number of carbonyl (C=O) groups is 1. The minimum Gasteiger partial charge on any atom is -0.455 e. The third-order valence-electron chi connectivity index (χ3n) is 6.66. The van der Waals surface area contributed by atoms with Gasteiger partial charge in [0.1, 0.15) is 6.10 Å². The molecule has 5 unspecified atom stereocenters. The van der Waals surface area contributed by atoms with Gasteiger partial charge in [-0.3, -0.25) is 0 Å². The number of fused-ring (bicyclic) bond motifs is 6. The summed E-state index contributed by atoms with van der Waals surface area (Å²) in [6.45, 7) is 4.17. The van der Waals surface area contributed by atoms with Crippen LogP contribution in [0.25, 0.3) is 0 Å². The molecule has 3 aliphatic heterocycles. The van der Waals surface area contributed by atoms with Gasteiger partial charge in [0, 0.05) is 18.6 Å². The van der Waals surface area contributed by atoms with Crippen molar-refractivity contribution in [1.29, 1.82) is 0 Å². The zero-order valence-corrected chi connectivity index (χ0v) is 16.0. The van der Waals surface area contributed by atoms with E-state index in [4.69, 9.17) is 18.9 Å². The number of likely N-dealkylation sites (tertiary alicyclic amines) is 1. The summed E-state index contributed by atoms with van der Waals surface area (Å²) >= 11 is 0. The Morgan fingerprint density at radius 2 is 2.07 bits per heavy atom. The first-order valence-electron chi connectivity index (χ1n) is 10.1. The highest BCUT2D eigenvalue weighted by atomic mass is 16.7. The maximum atomic E-state index is 12.8. The fourth-order valence-electron chi connectivity index (χ4n) is 5.38. The highest BCUT2D eigenvalue weighted by Gasteiger charge is 2.54. The molecule has 27 heavy (non-hydrogen) atoms. The molecule has 6 heteroatoms. The highest BCUT2D eigenvalue weighted by molar-refractivity contribution is 5.94. The van der Waals surface area contributed by atoms with Crippen LogP contribution >= 0.6 is 0 Å². The quantitative estimate of drug-likeness (QED) is 0.597. The molecular formula is C21H27NO5. The van der Waals surface area contributed by atoms with Crippen LogP contribution in [0.2, 0.25) is 0 Å². The van der Waals surface area contributed by atoms with E-state index in [2.05, 4.69) is 18.9 Å². The average Bonchev–Trinajstić information content (AvgIpc) is 3.27. The predicted octanol–water partition coefficient (Wildman–Crippen LogP) is 2.95. The van der Waals surface area contributed by atoms with Crippen molar-refractivity contribution in [2.45, 2.75) is 56.8 Å². The second-order valence-corrected chi connectivity index (χ2v) is 8.21. The number of unbranched alkanes of at least 4 members (excludes halogenated alkanes) is 1. The molecule has 1 saturated carbocycles. The Labute approximate surface area is 159 Å². The zero-order valence-electron chi connectivity index (χ0n) is 16.0. The normalized spacial score (nSPS) is 34.0. The zero-order chi connectivity index (χ0) is 18.5. The number of carbonyl (C=O) groups excluding carboxylic acids is 1. The summed E-state index contributed by atoms with van der Waals surface area (Å²) in [6.07, 6.45) is 4.01. The third-order valence-corrected chi connectivity index (χ3v) is 6.66. The topological polar surface area (TPSA) is 57.2 Å². The minimum absolute atomic E-state index is 0.0307. The molecule has 5 rings (SSSR count). The molecule has 1 saturated heterocycles. The van der Waals surface area contributed by atoms with Gasteiger partial charge in [0.2, 0.25) is 6.79 Å². The molecule has 0 aromatic heterocycles. The lowest BCUT2D eigenvalue weighted by Gasteiger charge is -2.48. The highest BCUT2D eigenvalue weighted by Crippen LogP contribution is 2.51. The van der Waals surface area contributed by atoms with Crippen LogP contribution in [0.1, 0.15) is 54.4 Å². The minimum atomic E-state index is -0.271. The Hall–Kier alpha value is -1.79. The average molecular weight is 373 g/mol. The van der Waals surface area contributed by atoms with Crippen molar-refractivity contribution >= 4 is 5.97 Å². The molecule has 0 radical (unpaired) electrons. The second kappa shape index (κ2) is 6.67. The summed E-state index contributed by atoms with van der Waals surface area (Å²) in [7, 11) is 2.18. The van der Waals surface area contributed by atoms with E-state index in [0.29, 0.717) is 23.3 Å². The summed E-state index contributed by atoms with van der Waals surface area (Å²) < 4.78 is 23.3. The molecule has 0 amide bonds. The molecule has 6 nitrogen and oxygen atoms in total. The van der Waals surface area contributed by atoms with Crippen molar-refractivity contribution in [3.8, 4) is 11.5 Å². The summed E-state index contributed by atoms with van der Waals surface area (Å²) in [6, 6.07) is 4.17. The first kappa shape index (κ1) is 17.3. The Kier molecular flexibility index (Phi) is 4.28. The van der Waals surface area contributed by atoms with Gasteiger partial charge < -0.3 is 23.8 Å². The SMILES string of the molecule is CCCCOC1CC2CCN(C)C2C2c3cc4c(cc3C(=O)OC12)OCO4. The molecule has 2 fully saturated rings. The summed E-state index contributed by atoms with van der Waals surface area (Å²) in [4.78, 5) is 15.2. The molecule has 5 atom stereocenters. The van der Waals surface area contributed by atoms with Gasteiger partial charge in [-0.15, -0.1) is 0 Å². The van der Waals surface area contributed by atoms with Gasteiger partial charge in [-0.1, -0.05) is 13.3 Å². The third kappa shape index (κ3) is 2.72. The second-order valence-electron chi connectivity index (χ2n) is 8.21. The monoisotopic (exact) mass is 373 g/mol. The molecule has 0 N–H and O–H groups in total. The van der Waals surface area contributed by atoms with E-state index < -0.39 is 0 Å². The number of nitrogens with zero attached hydrogens (tertiary/aromatic N) is 1. The van der Waals surface area contributed by atoms with Crippen LogP contribution < -0.4 is 9.47 Å². The lowest BCUT2D eigenvalue weighted by molar-refractivity contribution is -0.107. The fourth-order valence-corrected chi connectivity index (χ4v) is 5.38.